The van der Waals surface area contributed by atoms with Crippen LogP contribution >= 0.6 is 0 Å². The van der Waals surface area contributed by atoms with Gasteiger partial charge in [-0.05, 0) is 20.3 Å². The van der Waals surface area contributed by atoms with Crippen LogP contribution in [0.15, 0.2) is 12.7 Å². The Labute approximate surface area is 188 Å². The first-order chi connectivity index (χ1) is 15.4. The molecular weight excluding hydrogens is 412 g/mol. The van der Waals surface area contributed by atoms with Gasteiger partial charge in [0, 0.05) is 6.54 Å². The summed E-state index contributed by atoms with van der Waals surface area (Å²) in [6, 6.07) is 0. The van der Waals surface area contributed by atoms with Crippen molar-refractivity contribution in [1.82, 2.24) is 24.8 Å². The summed E-state index contributed by atoms with van der Waals surface area (Å²) in [5, 5.41) is 3.01. The highest BCUT2D eigenvalue weighted by molar-refractivity contribution is 5.83. The van der Waals surface area contributed by atoms with Crippen molar-refractivity contribution < 1.29 is 19.0 Å². The van der Waals surface area contributed by atoms with Gasteiger partial charge in [0.2, 0.25) is 0 Å². The number of rotatable bonds is 10. The fraction of sp³-hybridized carbons (Fsp3) is 0.727. The van der Waals surface area contributed by atoms with Crippen molar-refractivity contribution in [2.45, 2.75) is 96.0 Å². The lowest BCUT2D eigenvalue weighted by Crippen LogP contribution is -2.43. The second-order valence-electron chi connectivity index (χ2n) is 9.01. The Bertz CT molecular complexity index is 932. The van der Waals surface area contributed by atoms with Gasteiger partial charge < -0.3 is 25.3 Å². The zero-order valence-electron chi connectivity index (χ0n) is 19.1. The molecule has 10 nitrogen and oxygen atoms in total. The van der Waals surface area contributed by atoms with Crippen molar-refractivity contribution in [2.75, 3.05) is 12.3 Å². The molecule has 0 aromatic carbocycles. The van der Waals surface area contributed by atoms with Crippen LogP contribution in [-0.2, 0) is 19.0 Å². The molecule has 0 radical (unpaired) electrons. The van der Waals surface area contributed by atoms with Crippen molar-refractivity contribution in [1.29, 1.82) is 0 Å². The largest absolute Gasteiger partial charge is 0.382 e. The van der Waals surface area contributed by atoms with Crippen LogP contribution in [0.2, 0.25) is 0 Å². The number of nitrogens with zero attached hydrogens (tertiary/aromatic N) is 4. The van der Waals surface area contributed by atoms with E-state index in [9.17, 15) is 4.79 Å². The van der Waals surface area contributed by atoms with Gasteiger partial charge in [0.1, 0.15) is 24.1 Å². The quantitative estimate of drug-likeness (QED) is 0.534. The number of nitrogens with two attached hydrogens (primary N) is 1. The van der Waals surface area contributed by atoms with E-state index < -0.39 is 30.3 Å². The second kappa shape index (κ2) is 9.68. The fourth-order valence-electron chi connectivity index (χ4n) is 4.46. The number of ether oxygens (including phenoxy) is 3. The average molecular weight is 447 g/mol. The molecule has 2 aromatic heterocycles. The number of anilines is 1. The smallest absolute Gasteiger partial charge is 0.252 e. The molecular formula is C22H34N6O4. The minimum absolute atomic E-state index is 0.187. The van der Waals surface area contributed by atoms with Crippen LogP contribution in [0.1, 0.15) is 71.9 Å². The van der Waals surface area contributed by atoms with Gasteiger partial charge >= 0.3 is 0 Å². The highest BCUT2D eigenvalue weighted by Gasteiger charge is 2.58. The number of carbonyl (C=O) groups excluding carboxylic acids is 1. The number of imidazole rings is 1. The fourth-order valence-corrected chi connectivity index (χ4v) is 4.46. The van der Waals surface area contributed by atoms with Crippen LogP contribution in [0.25, 0.3) is 11.2 Å². The standard InChI is InChI=1S/C22H34N6O4/c1-4-5-6-7-8-9-10-11-24-20(29)16-15-17(32-22(2,3)31-15)21(30-16)28-13-27-14-18(23)25-12-26-19(14)28/h12-13,15-17,21H,4-11H2,1-3H3,(H,24,29)(H2,23,25,26)/t15-,16+,17-,21-/m1/s1. The van der Waals surface area contributed by atoms with Crippen LogP contribution in [0, 0.1) is 0 Å². The lowest BCUT2D eigenvalue weighted by atomic mass is 10.1. The molecule has 32 heavy (non-hydrogen) atoms. The Morgan fingerprint density at radius 2 is 1.81 bits per heavy atom. The minimum Gasteiger partial charge on any atom is -0.382 e. The Balaban J connectivity index is 1.40. The van der Waals surface area contributed by atoms with Gasteiger partial charge in [-0.25, -0.2) is 15.0 Å². The summed E-state index contributed by atoms with van der Waals surface area (Å²) in [6.45, 7) is 6.51. The van der Waals surface area contributed by atoms with E-state index >= 15 is 0 Å². The van der Waals surface area contributed by atoms with E-state index in [0.717, 1.165) is 12.8 Å². The third-order valence-corrected chi connectivity index (χ3v) is 6.03. The lowest BCUT2D eigenvalue weighted by Gasteiger charge is -2.24. The molecule has 10 heteroatoms. The molecule has 2 aromatic rings. The highest BCUT2D eigenvalue weighted by atomic mass is 16.8. The number of unbranched alkanes of at least 4 members (excludes halogenated alkanes) is 6. The molecule has 0 unspecified atom stereocenters. The molecule has 3 N–H and O–H groups in total. The molecule has 2 fully saturated rings. The number of aromatic nitrogens is 4. The minimum atomic E-state index is -0.821. The number of hydrogen-bond acceptors (Lipinski definition) is 8. The maximum absolute atomic E-state index is 13.0. The van der Waals surface area contributed by atoms with Crippen LogP contribution in [0.3, 0.4) is 0 Å². The van der Waals surface area contributed by atoms with Crippen molar-refractivity contribution in [2.24, 2.45) is 0 Å². The molecule has 0 bridgehead atoms. The molecule has 176 valence electrons. The van der Waals surface area contributed by atoms with Gasteiger partial charge in [-0.2, -0.15) is 0 Å². The highest BCUT2D eigenvalue weighted by Crippen LogP contribution is 2.43. The summed E-state index contributed by atoms with van der Waals surface area (Å²) >= 11 is 0. The van der Waals surface area contributed by atoms with E-state index in [1.807, 2.05) is 13.8 Å². The molecule has 2 aliphatic rings. The third kappa shape index (κ3) is 4.72. The van der Waals surface area contributed by atoms with Gasteiger partial charge in [-0.3, -0.25) is 9.36 Å². The maximum atomic E-state index is 13.0. The topological polar surface area (TPSA) is 126 Å². The Morgan fingerprint density at radius 3 is 2.59 bits per heavy atom. The first-order valence-corrected chi connectivity index (χ1v) is 11.6. The monoisotopic (exact) mass is 446 g/mol. The number of carbonyl (C=O) groups is 1. The predicted octanol–water partition coefficient (Wildman–Crippen LogP) is 2.69. The van der Waals surface area contributed by atoms with E-state index in [0.29, 0.717) is 17.7 Å². The second-order valence-corrected chi connectivity index (χ2v) is 9.01. The van der Waals surface area contributed by atoms with Crippen LogP contribution < -0.4 is 11.1 Å². The van der Waals surface area contributed by atoms with Gasteiger partial charge in [0.05, 0.1) is 6.33 Å². The van der Waals surface area contributed by atoms with E-state index in [-0.39, 0.29) is 11.7 Å². The van der Waals surface area contributed by atoms with E-state index in [2.05, 4.69) is 27.2 Å². The zero-order valence-corrected chi connectivity index (χ0v) is 19.1. The first-order valence-electron chi connectivity index (χ1n) is 11.6. The van der Waals surface area contributed by atoms with Crippen LogP contribution in [0.4, 0.5) is 5.82 Å². The van der Waals surface area contributed by atoms with Crippen molar-refractivity contribution in [3.8, 4) is 0 Å². The maximum Gasteiger partial charge on any atom is 0.252 e. The molecule has 2 aliphatic heterocycles. The predicted molar refractivity (Wildman–Crippen MR) is 118 cm³/mol. The summed E-state index contributed by atoms with van der Waals surface area (Å²) < 4.78 is 20.1. The molecule has 4 atom stereocenters. The van der Waals surface area contributed by atoms with Crippen LogP contribution in [0.5, 0.6) is 0 Å². The Kier molecular flexibility index (Phi) is 6.92. The van der Waals surface area contributed by atoms with Gasteiger partial charge in [0.25, 0.3) is 5.91 Å². The summed E-state index contributed by atoms with van der Waals surface area (Å²) in [5.41, 5.74) is 6.93. The lowest BCUT2D eigenvalue weighted by molar-refractivity contribution is -0.197. The number of nitrogens with one attached hydrogen (secondary N) is 1. The SMILES string of the molecule is CCCCCCCCCNC(=O)[C@H]1O[C@@H](n2cnc3c(N)ncnc32)[C@@H]2OC(C)(C)O[C@@H]21. The molecule has 4 heterocycles. The van der Waals surface area contributed by atoms with Gasteiger partial charge in [-0.1, -0.05) is 45.4 Å². The van der Waals surface area contributed by atoms with E-state index in [1.54, 1.807) is 10.9 Å². The normalized spacial score (nSPS) is 26.5. The first kappa shape index (κ1) is 22.9. The summed E-state index contributed by atoms with van der Waals surface area (Å²) in [4.78, 5) is 25.6. The Morgan fingerprint density at radius 1 is 1.09 bits per heavy atom. The number of fused-ring (bicyclic) bond motifs is 2. The Hall–Kier alpha value is -2.30. The van der Waals surface area contributed by atoms with Gasteiger partial charge in [-0.15, -0.1) is 0 Å². The van der Waals surface area contributed by atoms with Crippen molar-refractivity contribution in [3.05, 3.63) is 12.7 Å². The number of hydrogen-bond donors (Lipinski definition) is 2. The molecule has 0 saturated carbocycles. The summed E-state index contributed by atoms with van der Waals surface area (Å²) in [7, 11) is 0. The molecule has 4 rings (SSSR count). The van der Waals surface area contributed by atoms with E-state index in [1.165, 1.54) is 38.4 Å². The van der Waals surface area contributed by atoms with Crippen LogP contribution in [-0.4, -0.2) is 56.1 Å². The van der Waals surface area contributed by atoms with E-state index in [4.69, 9.17) is 19.9 Å². The third-order valence-electron chi connectivity index (χ3n) is 6.03. The summed E-state index contributed by atoms with van der Waals surface area (Å²) in [5.74, 6) is -0.719. The number of amides is 1. The van der Waals surface area contributed by atoms with Crippen molar-refractivity contribution in [3.63, 3.8) is 0 Å². The molecule has 2 saturated heterocycles. The average Bonchev–Trinajstić information content (AvgIpc) is 3.41. The van der Waals surface area contributed by atoms with Gasteiger partial charge in [0.15, 0.2) is 29.6 Å². The zero-order chi connectivity index (χ0) is 22.7. The molecule has 0 aliphatic carbocycles. The number of nitrogen functional groups attached to an aromatic ring is 1. The molecule has 0 spiro atoms. The molecule has 1 amide bonds. The van der Waals surface area contributed by atoms with Crippen molar-refractivity contribution >= 4 is 22.9 Å². The summed E-state index contributed by atoms with van der Waals surface area (Å²) in [6.07, 6.45) is 8.91.